The van der Waals surface area contributed by atoms with Gasteiger partial charge in [0.05, 0.1) is 12.5 Å². The molecule has 2 heterocycles. The number of ether oxygens (including phenoxy) is 6. The van der Waals surface area contributed by atoms with E-state index in [1.165, 1.54) is 5.56 Å². The lowest BCUT2D eigenvalue weighted by molar-refractivity contribution is -0.144. The first kappa shape index (κ1) is 28.5. The molecule has 0 spiro atoms. The summed E-state index contributed by atoms with van der Waals surface area (Å²) < 4.78 is 34.9. The van der Waals surface area contributed by atoms with Gasteiger partial charge in [-0.3, -0.25) is 0 Å². The Labute approximate surface area is 254 Å². The zero-order valence-electron chi connectivity index (χ0n) is 24.2. The van der Waals surface area contributed by atoms with E-state index in [4.69, 9.17) is 34.2 Å². The van der Waals surface area contributed by atoms with Gasteiger partial charge in [-0.25, -0.2) is 4.79 Å². The van der Waals surface area contributed by atoms with Gasteiger partial charge in [0.1, 0.15) is 36.4 Å². The van der Waals surface area contributed by atoms with E-state index in [2.05, 4.69) is 6.07 Å². The molecule has 0 radical (unpaired) electrons. The summed E-state index contributed by atoms with van der Waals surface area (Å²) in [5.74, 6) is 1.56. The molecule has 2 aliphatic heterocycles. The van der Waals surface area contributed by atoms with Crippen molar-refractivity contribution in [2.24, 2.45) is 5.73 Å². The average Bonchev–Trinajstić information content (AvgIpc) is 3.04. The molecule has 44 heavy (non-hydrogen) atoms. The van der Waals surface area contributed by atoms with Crippen LogP contribution in [0.15, 0.2) is 96.4 Å². The largest absolute Gasteiger partial charge is 0.490 e. The summed E-state index contributed by atoms with van der Waals surface area (Å²) in [5, 5.41) is 10.0. The normalized spacial score (nSPS) is 16.7. The molecule has 0 saturated carbocycles. The Balaban J connectivity index is 1.24. The maximum absolute atomic E-state index is 12.9. The Morgan fingerprint density at radius 1 is 0.955 bits per heavy atom. The Morgan fingerprint density at radius 3 is 2.52 bits per heavy atom. The molecule has 2 aliphatic rings. The van der Waals surface area contributed by atoms with Crippen LogP contribution in [0.25, 0.3) is 0 Å². The topological polar surface area (TPSA) is 122 Å². The first-order chi connectivity index (χ1) is 21.4. The third-order valence-corrected chi connectivity index (χ3v) is 7.30. The number of carbonyl (C=O) groups excluding carboxylic acids is 1. The number of nitrogens with zero attached hydrogens (tertiary/aromatic N) is 1. The van der Waals surface area contributed by atoms with Crippen LogP contribution in [0.4, 0.5) is 0 Å². The van der Waals surface area contributed by atoms with Crippen LogP contribution in [0, 0.1) is 18.3 Å². The van der Waals surface area contributed by atoms with Gasteiger partial charge >= 0.3 is 5.97 Å². The Bertz CT molecular complexity index is 1780. The molecule has 2 unspecified atom stereocenters. The van der Waals surface area contributed by atoms with Gasteiger partial charge in [0.15, 0.2) is 23.0 Å². The van der Waals surface area contributed by atoms with Crippen molar-refractivity contribution < 1.29 is 33.2 Å². The first-order valence-corrected chi connectivity index (χ1v) is 14.2. The van der Waals surface area contributed by atoms with E-state index in [1.807, 2.05) is 62.4 Å². The van der Waals surface area contributed by atoms with Crippen LogP contribution >= 0.6 is 0 Å². The second-order valence-corrected chi connectivity index (χ2v) is 10.3. The summed E-state index contributed by atoms with van der Waals surface area (Å²) in [7, 11) is 0. The van der Waals surface area contributed by atoms with Crippen molar-refractivity contribution in [3.8, 4) is 40.6 Å². The van der Waals surface area contributed by atoms with Crippen LogP contribution in [-0.2, 0) is 11.4 Å². The number of aryl methyl sites for hydroxylation is 1. The number of nitriles is 1. The predicted octanol–water partition coefficient (Wildman–Crippen LogP) is 5.94. The molecule has 0 saturated heterocycles. The maximum Gasteiger partial charge on any atom is 0.356 e. The molecular formula is C35H30N2O7. The van der Waals surface area contributed by atoms with Crippen molar-refractivity contribution >= 4 is 5.97 Å². The van der Waals surface area contributed by atoms with E-state index in [0.717, 1.165) is 11.1 Å². The number of allylic oxidation sites excluding steroid dienone is 1. The summed E-state index contributed by atoms with van der Waals surface area (Å²) in [6.07, 6.45) is -0.937. The third-order valence-electron chi connectivity index (χ3n) is 7.30. The molecule has 0 aromatic heterocycles. The number of rotatable bonds is 8. The number of carbonyl (C=O) groups is 1. The molecule has 0 amide bonds. The van der Waals surface area contributed by atoms with Crippen molar-refractivity contribution in [3.63, 3.8) is 0 Å². The molecule has 0 bridgehead atoms. The smallest absolute Gasteiger partial charge is 0.356 e. The SMILES string of the molecule is CCOc1cc(C2C(C#N)=C(N)Oc3cc(OC(=O)C4COc5ccccc5O4)ccc32)ccc1OCc1ccc(C)cc1. The lowest BCUT2D eigenvalue weighted by Crippen LogP contribution is -2.39. The maximum atomic E-state index is 12.9. The van der Waals surface area contributed by atoms with Crippen LogP contribution in [-0.4, -0.2) is 25.3 Å². The predicted molar refractivity (Wildman–Crippen MR) is 161 cm³/mol. The summed E-state index contributed by atoms with van der Waals surface area (Å²) >= 11 is 0. The fraction of sp³-hybridized carbons (Fsp3) is 0.200. The Morgan fingerprint density at radius 2 is 1.75 bits per heavy atom. The fourth-order valence-corrected chi connectivity index (χ4v) is 5.10. The number of benzene rings is 4. The molecular weight excluding hydrogens is 560 g/mol. The molecule has 4 aromatic rings. The van der Waals surface area contributed by atoms with Crippen molar-refractivity contribution in [2.75, 3.05) is 13.2 Å². The van der Waals surface area contributed by atoms with Gasteiger partial charge in [-0.15, -0.1) is 0 Å². The minimum absolute atomic E-state index is 0.0213. The number of hydrogen-bond acceptors (Lipinski definition) is 9. The highest BCUT2D eigenvalue weighted by atomic mass is 16.6. The molecule has 2 atom stereocenters. The van der Waals surface area contributed by atoms with Crippen LogP contribution in [0.2, 0.25) is 0 Å². The lowest BCUT2D eigenvalue weighted by atomic mass is 9.83. The van der Waals surface area contributed by atoms with Crippen molar-refractivity contribution in [1.82, 2.24) is 0 Å². The van der Waals surface area contributed by atoms with Gasteiger partial charge in [0.2, 0.25) is 12.0 Å². The summed E-state index contributed by atoms with van der Waals surface area (Å²) in [6.45, 7) is 4.75. The van der Waals surface area contributed by atoms with Crippen molar-refractivity contribution in [3.05, 3.63) is 119 Å². The highest BCUT2D eigenvalue weighted by Gasteiger charge is 2.33. The second-order valence-electron chi connectivity index (χ2n) is 10.3. The molecule has 9 nitrogen and oxygen atoms in total. The third kappa shape index (κ3) is 5.83. The van der Waals surface area contributed by atoms with E-state index in [1.54, 1.807) is 36.4 Å². The number of para-hydroxylation sites is 2. The minimum Gasteiger partial charge on any atom is -0.490 e. The zero-order valence-corrected chi connectivity index (χ0v) is 24.2. The minimum atomic E-state index is -0.937. The molecule has 0 fully saturated rings. The number of hydrogen-bond donors (Lipinski definition) is 1. The van der Waals surface area contributed by atoms with Gasteiger partial charge in [-0.1, -0.05) is 54.1 Å². The summed E-state index contributed by atoms with van der Waals surface area (Å²) in [5.41, 5.74) is 10.1. The van der Waals surface area contributed by atoms with Gasteiger partial charge in [-0.05, 0) is 55.3 Å². The summed E-state index contributed by atoms with van der Waals surface area (Å²) in [6, 6.07) is 28.0. The quantitative estimate of drug-likeness (QED) is 0.196. The van der Waals surface area contributed by atoms with E-state index in [9.17, 15) is 10.1 Å². The molecule has 222 valence electrons. The highest BCUT2D eigenvalue weighted by molar-refractivity contribution is 5.78. The number of fused-ring (bicyclic) bond motifs is 2. The zero-order chi connectivity index (χ0) is 30.6. The van der Waals surface area contributed by atoms with E-state index < -0.39 is 18.0 Å². The van der Waals surface area contributed by atoms with Crippen LogP contribution in [0.3, 0.4) is 0 Å². The Hall–Kier alpha value is -5.62. The standard InChI is InChI=1S/C35H30N2O7/c1-3-39-31-16-23(12-15-28(31)40-19-22-10-8-21(2)9-11-22)33-25-14-13-24(17-30(25)44-34(37)26(33)18-36)42-35(38)32-20-41-27-6-4-5-7-29(27)43-32/h4-17,32-33H,3,19-20,37H2,1-2H3. The first-order valence-electron chi connectivity index (χ1n) is 14.2. The van der Waals surface area contributed by atoms with Gasteiger partial charge in [0.25, 0.3) is 0 Å². The van der Waals surface area contributed by atoms with Crippen LogP contribution in [0.1, 0.15) is 35.1 Å². The lowest BCUT2D eigenvalue weighted by Gasteiger charge is -2.28. The monoisotopic (exact) mass is 590 g/mol. The summed E-state index contributed by atoms with van der Waals surface area (Å²) in [4.78, 5) is 12.9. The van der Waals surface area contributed by atoms with Gasteiger partial charge < -0.3 is 34.2 Å². The van der Waals surface area contributed by atoms with Gasteiger partial charge in [0, 0.05) is 11.6 Å². The molecule has 9 heteroatoms. The Kier molecular flexibility index (Phi) is 7.98. The van der Waals surface area contributed by atoms with E-state index in [0.29, 0.717) is 47.5 Å². The van der Waals surface area contributed by atoms with Crippen LogP contribution in [0.5, 0.6) is 34.5 Å². The number of esters is 1. The number of nitrogens with two attached hydrogens (primary N) is 1. The molecule has 4 aromatic carbocycles. The fourth-order valence-electron chi connectivity index (χ4n) is 5.10. The molecule has 6 rings (SSSR count). The van der Waals surface area contributed by atoms with Crippen molar-refractivity contribution in [1.29, 1.82) is 5.26 Å². The molecule has 0 aliphatic carbocycles. The van der Waals surface area contributed by atoms with Crippen molar-refractivity contribution in [2.45, 2.75) is 32.5 Å². The average molecular weight is 591 g/mol. The highest BCUT2D eigenvalue weighted by Crippen LogP contribution is 2.45. The van der Waals surface area contributed by atoms with Gasteiger partial charge in [-0.2, -0.15) is 5.26 Å². The van der Waals surface area contributed by atoms with E-state index in [-0.39, 0.29) is 23.8 Å². The van der Waals surface area contributed by atoms with E-state index >= 15 is 0 Å². The molecule has 2 N–H and O–H groups in total. The second kappa shape index (κ2) is 12.3. The van der Waals surface area contributed by atoms with Crippen LogP contribution < -0.4 is 34.2 Å².